The smallest absolute Gasteiger partial charge is 0.245 e. The molecule has 1 unspecified atom stereocenters. The number of thioether (sulfide) groups is 1. The van der Waals surface area contributed by atoms with Gasteiger partial charge < -0.3 is 9.47 Å². The summed E-state index contributed by atoms with van der Waals surface area (Å²) in [4.78, 5) is 19.7. The predicted molar refractivity (Wildman–Crippen MR) is 92.3 cm³/mol. The maximum Gasteiger partial charge on any atom is 0.245 e. The van der Waals surface area contributed by atoms with Crippen LogP contribution in [-0.2, 0) is 11.2 Å². The van der Waals surface area contributed by atoms with Crippen LogP contribution in [0.5, 0.6) is 0 Å². The number of amides is 1. The highest BCUT2D eigenvalue weighted by atomic mass is 32.2. The van der Waals surface area contributed by atoms with Crippen LogP contribution in [0, 0.1) is 0 Å². The molecule has 1 aliphatic heterocycles. The van der Waals surface area contributed by atoms with E-state index >= 15 is 0 Å². The van der Waals surface area contributed by atoms with Crippen molar-refractivity contribution in [1.82, 2.24) is 14.5 Å². The summed E-state index contributed by atoms with van der Waals surface area (Å²) in [5.74, 6) is 3.36. The normalized spacial score (nSPS) is 16.9. The lowest BCUT2D eigenvalue weighted by Crippen LogP contribution is -2.42. The lowest BCUT2D eigenvalue weighted by Gasteiger charge is -2.31. The quantitative estimate of drug-likeness (QED) is 0.869. The summed E-state index contributed by atoms with van der Waals surface area (Å²) in [7, 11) is 0. The van der Waals surface area contributed by atoms with Crippen LogP contribution in [0.1, 0.15) is 32.1 Å². The van der Waals surface area contributed by atoms with E-state index in [-0.39, 0.29) is 11.9 Å². The molecule has 0 N–H and O–H groups in total. The number of nitrogens with zero attached hydrogens (tertiary/aromatic N) is 3. The van der Waals surface area contributed by atoms with Crippen molar-refractivity contribution in [3.63, 3.8) is 0 Å². The Balaban J connectivity index is 2.00. The van der Waals surface area contributed by atoms with E-state index in [1.54, 1.807) is 0 Å². The number of para-hydroxylation sites is 2. The molecule has 1 atom stereocenters. The van der Waals surface area contributed by atoms with Crippen molar-refractivity contribution in [2.45, 2.75) is 32.7 Å². The fourth-order valence-electron chi connectivity index (χ4n) is 3.15. The Labute approximate surface area is 135 Å². The summed E-state index contributed by atoms with van der Waals surface area (Å²) < 4.78 is 2.17. The van der Waals surface area contributed by atoms with Crippen LogP contribution in [0.15, 0.2) is 24.3 Å². The van der Waals surface area contributed by atoms with Crippen molar-refractivity contribution >= 4 is 28.7 Å². The molecule has 0 saturated carbocycles. The van der Waals surface area contributed by atoms with E-state index in [9.17, 15) is 4.79 Å². The van der Waals surface area contributed by atoms with Gasteiger partial charge >= 0.3 is 0 Å². The first-order chi connectivity index (χ1) is 10.8. The number of hydrogen-bond donors (Lipinski definition) is 0. The molecule has 3 rings (SSSR count). The molecule has 1 aromatic heterocycles. The fraction of sp³-hybridized carbons (Fsp3) is 0.529. The van der Waals surface area contributed by atoms with Crippen LogP contribution in [0.25, 0.3) is 11.0 Å². The highest BCUT2D eigenvalue weighted by Crippen LogP contribution is 2.26. The van der Waals surface area contributed by atoms with Crippen LogP contribution in [0.3, 0.4) is 0 Å². The first-order valence-electron chi connectivity index (χ1n) is 8.08. The van der Waals surface area contributed by atoms with Crippen molar-refractivity contribution in [2.24, 2.45) is 0 Å². The van der Waals surface area contributed by atoms with Gasteiger partial charge in [0.2, 0.25) is 5.91 Å². The van der Waals surface area contributed by atoms with Crippen molar-refractivity contribution in [2.75, 3.05) is 24.6 Å². The SMILES string of the molecule is CCc1nc2ccccc2n1C(CC)C(=O)N1CCSCC1. The molecular weight excluding hydrogens is 294 g/mol. The van der Waals surface area contributed by atoms with Gasteiger partial charge in [0.25, 0.3) is 0 Å². The number of benzene rings is 1. The molecule has 1 fully saturated rings. The first kappa shape index (κ1) is 15.4. The number of aryl methyl sites for hydroxylation is 1. The van der Waals surface area contributed by atoms with Gasteiger partial charge in [-0.15, -0.1) is 0 Å². The average Bonchev–Trinajstić information content (AvgIpc) is 2.95. The monoisotopic (exact) mass is 317 g/mol. The third-order valence-corrected chi connectivity index (χ3v) is 5.23. The van der Waals surface area contributed by atoms with E-state index in [4.69, 9.17) is 4.98 Å². The molecular formula is C17H23N3OS. The van der Waals surface area contributed by atoms with Crippen molar-refractivity contribution in [1.29, 1.82) is 0 Å². The Morgan fingerprint density at radius 2 is 2.00 bits per heavy atom. The van der Waals surface area contributed by atoms with Crippen LogP contribution in [-0.4, -0.2) is 45.0 Å². The Bertz CT molecular complexity index is 661. The van der Waals surface area contributed by atoms with Crippen LogP contribution < -0.4 is 0 Å². The maximum atomic E-state index is 13.0. The fourth-order valence-corrected chi connectivity index (χ4v) is 4.06. The molecule has 22 heavy (non-hydrogen) atoms. The molecule has 1 aliphatic rings. The number of carbonyl (C=O) groups excluding carboxylic acids is 1. The minimum atomic E-state index is -0.134. The Morgan fingerprint density at radius 3 is 2.68 bits per heavy atom. The second-order valence-corrected chi connectivity index (χ2v) is 6.83. The van der Waals surface area contributed by atoms with Crippen LogP contribution in [0.4, 0.5) is 0 Å². The summed E-state index contributed by atoms with van der Waals surface area (Å²) >= 11 is 1.93. The van der Waals surface area contributed by atoms with Gasteiger partial charge in [0.15, 0.2) is 0 Å². The molecule has 2 heterocycles. The van der Waals surface area contributed by atoms with Gasteiger partial charge in [-0.3, -0.25) is 4.79 Å². The van der Waals surface area contributed by atoms with E-state index in [0.717, 1.165) is 54.3 Å². The van der Waals surface area contributed by atoms with E-state index in [2.05, 4.69) is 24.5 Å². The first-order valence-corrected chi connectivity index (χ1v) is 9.24. The lowest BCUT2D eigenvalue weighted by molar-refractivity contribution is -0.134. The van der Waals surface area contributed by atoms with E-state index in [1.165, 1.54) is 0 Å². The summed E-state index contributed by atoms with van der Waals surface area (Å²) in [6, 6.07) is 7.99. The van der Waals surface area contributed by atoms with Crippen molar-refractivity contribution < 1.29 is 4.79 Å². The van der Waals surface area contributed by atoms with E-state index in [1.807, 2.05) is 34.9 Å². The number of fused-ring (bicyclic) bond motifs is 1. The van der Waals surface area contributed by atoms with Gasteiger partial charge in [-0.1, -0.05) is 26.0 Å². The highest BCUT2D eigenvalue weighted by Gasteiger charge is 2.28. The molecule has 0 spiro atoms. The zero-order valence-corrected chi connectivity index (χ0v) is 14.1. The van der Waals surface area contributed by atoms with Gasteiger partial charge in [-0.2, -0.15) is 11.8 Å². The lowest BCUT2D eigenvalue weighted by atomic mass is 10.1. The molecule has 1 aromatic carbocycles. The predicted octanol–water partition coefficient (Wildman–Crippen LogP) is 3.13. The van der Waals surface area contributed by atoms with Crippen LogP contribution >= 0.6 is 11.8 Å². The molecule has 1 saturated heterocycles. The average molecular weight is 317 g/mol. The standard InChI is InChI=1S/C17H23N3OS/c1-3-14(17(21)19-9-11-22-12-10-19)20-15-8-6-5-7-13(15)18-16(20)4-2/h5-8,14H,3-4,9-12H2,1-2H3. The van der Waals surface area contributed by atoms with Crippen LogP contribution in [0.2, 0.25) is 0 Å². The molecule has 4 nitrogen and oxygen atoms in total. The third kappa shape index (κ3) is 2.74. The number of imidazole rings is 1. The Hall–Kier alpha value is -1.49. The minimum Gasteiger partial charge on any atom is -0.339 e. The Kier molecular flexibility index (Phi) is 4.71. The van der Waals surface area contributed by atoms with Crippen molar-refractivity contribution in [3.05, 3.63) is 30.1 Å². The van der Waals surface area contributed by atoms with Gasteiger partial charge in [0.05, 0.1) is 11.0 Å². The zero-order chi connectivity index (χ0) is 15.5. The van der Waals surface area contributed by atoms with Crippen molar-refractivity contribution in [3.8, 4) is 0 Å². The van der Waals surface area contributed by atoms with E-state index in [0.29, 0.717) is 0 Å². The second kappa shape index (κ2) is 6.73. The van der Waals surface area contributed by atoms with Gasteiger partial charge in [-0.25, -0.2) is 4.98 Å². The summed E-state index contributed by atoms with van der Waals surface area (Å²) in [5, 5.41) is 0. The van der Waals surface area contributed by atoms with E-state index < -0.39 is 0 Å². The Morgan fingerprint density at radius 1 is 1.27 bits per heavy atom. The molecule has 1 amide bonds. The number of carbonyl (C=O) groups is 1. The topological polar surface area (TPSA) is 38.1 Å². The molecule has 118 valence electrons. The summed E-state index contributed by atoms with van der Waals surface area (Å²) in [5.41, 5.74) is 2.06. The van der Waals surface area contributed by atoms with Gasteiger partial charge in [0.1, 0.15) is 11.9 Å². The molecule has 0 radical (unpaired) electrons. The zero-order valence-electron chi connectivity index (χ0n) is 13.3. The molecule has 2 aromatic rings. The highest BCUT2D eigenvalue weighted by molar-refractivity contribution is 7.99. The molecule has 5 heteroatoms. The number of hydrogen-bond acceptors (Lipinski definition) is 3. The molecule has 0 aliphatic carbocycles. The van der Waals surface area contributed by atoms with Gasteiger partial charge in [0, 0.05) is 31.0 Å². The second-order valence-electron chi connectivity index (χ2n) is 5.60. The number of aromatic nitrogens is 2. The van der Waals surface area contributed by atoms with Gasteiger partial charge in [-0.05, 0) is 18.6 Å². The summed E-state index contributed by atoms with van der Waals surface area (Å²) in [6.45, 7) is 5.93. The maximum absolute atomic E-state index is 13.0. The number of rotatable bonds is 4. The largest absolute Gasteiger partial charge is 0.339 e. The molecule has 0 bridgehead atoms. The summed E-state index contributed by atoms with van der Waals surface area (Å²) in [6.07, 6.45) is 1.64. The minimum absolute atomic E-state index is 0.134. The third-order valence-electron chi connectivity index (χ3n) is 4.29.